The topological polar surface area (TPSA) is 63.2 Å². The molecule has 3 aliphatic rings. The molecular weight excluding hydrogens is 494 g/mol. The molecule has 1 aliphatic carbocycles. The molecule has 3 aromatic rings. The van der Waals surface area contributed by atoms with E-state index in [2.05, 4.69) is 74.1 Å². The van der Waals surface area contributed by atoms with Crippen LogP contribution in [0.3, 0.4) is 0 Å². The lowest BCUT2D eigenvalue weighted by Crippen LogP contribution is -2.47. The molecule has 7 nitrogen and oxygen atoms in total. The van der Waals surface area contributed by atoms with Crippen LogP contribution in [0, 0.1) is 6.92 Å². The van der Waals surface area contributed by atoms with Crippen LogP contribution in [0.2, 0.25) is 0 Å². The van der Waals surface area contributed by atoms with Gasteiger partial charge in [0.25, 0.3) is 0 Å². The van der Waals surface area contributed by atoms with Gasteiger partial charge < -0.3 is 19.8 Å². The Labute approximate surface area is 228 Å². The maximum atomic E-state index is 14.1. The first kappa shape index (κ1) is 25.2. The van der Waals surface area contributed by atoms with Crippen LogP contribution in [0.25, 0.3) is 11.1 Å². The summed E-state index contributed by atoms with van der Waals surface area (Å²) >= 11 is 1.60. The molecule has 38 heavy (non-hydrogen) atoms. The Morgan fingerprint density at radius 3 is 2.16 bits per heavy atom. The molecule has 198 valence electrons. The smallest absolute Gasteiger partial charge is 0.195 e. The normalized spacial score (nSPS) is 19.0. The van der Waals surface area contributed by atoms with Crippen molar-refractivity contribution in [2.45, 2.75) is 6.92 Å². The molecule has 2 fully saturated rings. The van der Waals surface area contributed by atoms with Crippen molar-refractivity contribution in [1.29, 1.82) is 0 Å². The molecule has 1 aromatic heterocycles. The van der Waals surface area contributed by atoms with Crippen LogP contribution < -0.4 is 9.80 Å². The number of carbonyl (C=O) groups is 1. The number of carbonyl (C=O) groups excluding carboxylic acids is 1. The number of ketones is 1. The Kier molecular flexibility index (Phi) is 7.05. The molecule has 0 bridgehead atoms. The van der Waals surface area contributed by atoms with E-state index in [4.69, 9.17) is 0 Å². The van der Waals surface area contributed by atoms with E-state index >= 15 is 0 Å². The maximum absolute atomic E-state index is 14.1. The monoisotopic (exact) mass is 529 g/mol. The van der Waals surface area contributed by atoms with Gasteiger partial charge in [-0.1, -0.05) is 18.2 Å². The van der Waals surface area contributed by atoms with Crippen LogP contribution in [0.4, 0.5) is 11.4 Å². The average molecular weight is 530 g/mol. The molecule has 0 saturated carbocycles. The number of anilines is 2. The van der Waals surface area contributed by atoms with E-state index in [-0.39, 0.29) is 12.4 Å². The number of aliphatic hydroxyl groups excluding tert-OH is 1. The minimum atomic E-state index is 0.0934. The van der Waals surface area contributed by atoms with Crippen molar-refractivity contribution in [3.63, 3.8) is 0 Å². The highest BCUT2D eigenvalue weighted by molar-refractivity contribution is 7.11. The first-order chi connectivity index (χ1) is 18.5. The summed E-state index contributed by atoms with van der Waals surface area (Å²) in [5.41, 5.74) is 9.67. The Bertz CT molecular complexity index is 1350. The number of aliphatic hydroxyl groups is 1. The molecule has 2 aliphatic heterocycles. The van der Waals surface area contributed by atoms with Crippen LogP contribution in [-0.2, 0) is 0 Å². The fraction of sp³-hybridized carbons (Fsp3) is 0.400. The number of thiazole rings is 1. The summed E-state index contributed by atoms with van der Waals surface area (Å²) in [4.78, 5) is 29.1. The fourth-order valence-electron chi connectivity index (χ4n) is 5.85. The molecule has 6 rings (SSSR count). The number of hydrogen-bond donors (Lipinski definition) is 1. The molecule has 2 aromatic carbocycles. The van der Waals surface area contributed by atoms with Gasteiger partial charge in [-0.15, -0.1) is 11.3 Å². The van der Waals surface area contributed by atoms with E-state index in [0.29, 0.717) is 0 Å². The summed E-state index contributed by atoms with van der Waals surface area (Å²) < 4.78 is 0. The van der Waals surface area contributed by atoms with Crippen molar-refractivity contribution in [3.8, 4) is 0 Å². The number of likely N-dealkylation sites (N-methyl/N-ethyl adjacent to an activating group) is 1. The predicted molar refractivity (Wildman–Crippen MR) is 155 cm³/mol. The van der Waals surface area contributed by atoms with Gasteiger partial charge in [-0.25, -0.2) is 4.98 Å². The van der Waals surface area contributed by atoms with E-state index in [0.717, 1.165) is 103 Å². The van der Waals surface area contributed by atoms with E-state index in [1.54, 1.807) is 11.3 Å². The van der Waals surface area contributed by atoms with Crippen LogP contribution in [0.1, 0.15) is 32.1 Å². The Morgan fingerprint density at radius 2 is 1.50 bits per heavy atom. The molecule has 0 unspecified atom stereocenters. The van der Waals surface area contributed by atoms with E-state index in [1.165, 1.54) is 5.69 Å². The molecule has 0 atom stereocenters. The summed E-state index contributed by atoms with van der Waals surface area (Å²) in [5.74, 6) is 0.0934. The van der Waals surface area contributed by atoms with Gasteiger partial charge in [-0.05, 0) is 49.4 Å². The Balaban J connectivity index is 1.33. The highest BCUT2D eigenvalue weighted by atomic mass is 32.1. The first-order valence-electron chi connectivity index (χ1n) is 13.5. The molecule has 0 spiro atoms. The Morgan fingerprint density at radius 1 is 0.842 bits per heavy atom. The number of allylic oxidation sites excluding steroid dienone is 1. The van der Waals surface area contributed by atoms with E-state index < -0.39 is 0 Å². The van der Waals surface area contributed by atoms with Crippen LogP contribution in [-0.4, -0.2) is 98.2 Å². The number of piperazine rings is 2. The third kappa shape index (κ3) is 4.66. The number of hydrogen-bond acceptors (Lipinski definition) is 8. The zero-order valence-corrected chi connectivity index (χ0v) is 23.0. The van der Waals surface area contributed by atoms with Crippen LogP contribution >= 0.6 is 11.3 Å². The quantitative estimate of drug-likeness (QED) is 0.525. The zero-order valence-electron chi connectivity index (χ0n) is 22.2. The molecule has 3 heterocycles. The Hall–Kier alpha value is -3.04. The zero-order chi connectivity index (χ0) is 26.2. The number of fused-ring (bicyclic) bond motifs is 1. The van der Waals surface area contributed by atoms with Gasteiger partial charge in [-0.3, -0.25) is 9.69 Å². The van der Waals surface area contributed by atoms with Gasteiger partial charge in [0.2, 0.25) is 0 Å². The predicted octanol–water partition coefficient (Wildman–Crippen LogP) is 3.47. The van der Waals surface area contributed by atoms with Gasteiger partial charge in [0.15, 0.2) is 5.78 Å². The summed E-state index contributed by atoms with van der Waals surface area (Å²) in [5, 5.41) is 9.26. The molecule has 0 amide bonds. The summed E-state index contributed by atoms with van der Waals surface area (Å²) in [6, 6.07) is 14.9. The number of aryl methyl sites for hydroxylation is 1. The van der Waals surface area contributed by atoms with Crippen molar-refractivity contribution >= 4 is 39.6 Å². The lowest BCUT2D eigenvalue weighted by atomic mass is 9.97. The molecule has 2 saturated heterocycles. The molecule has 1 N–H and O–H groups in total. The highest BCUT2D eigenvalue weighted by Crippen LogP contribution is 2.45. The van der Waals surface area contributed by atoms with Crippen molar-refractivity contribution in [2.75, 3.05) is 82.4 Å². The van der Waals surface area contributed by atoms with Gasteiger partial charge in [-0.2, -0.15) is 0 Å². The summed E-state index contributed by atoms with van der Waals surface area (Å²) in [6.07, 6.45) is 0. The second-order valence-corrected chi connectivity index (χ2v) is 11.3. The number of aromatic nitrogens is 1. The summed E-state index contributed by atoms with van der Waals surface area (Å²) in [7, 11) is 2.17. The van der Waals surface area contributed by atoms with Crippen molar-refractivity contribution in [2.24, 2.45) is 0 Å². The second-order valence-electron chi connectivity index (χ2n) is 10.5. The standard InChI is InChI=1S/C30H35N5O2S/c1-21-30(38-20-31-21)28-25-8-7-24(35-15-11-33(12-16-35)17-18-36)19-26(25)29(37)27(28)22-3-5-23(6-4-22)34-13-9-32(2)10-14-34/h3-8,19-20,36H,9-18H2,1-2H3. The van der Waals surface area contributed by atoms with Gasteiger partial charge in [0, 0.05) is 87.0 Å². The third-order valence-corrected chi connectivity index (χ3v) is 9.09. The number of rotatable bonds is 6. The van der Waals surface area contributed by atoms with Gasteiger partial charge in [0.05, 0.1) is 22.7 Å². The van der Waals surface area contributed by atoms with Crippen LogP contribution in [0.15, 0.2) is 48.0 Å². The fourth-order valence-corrected chi connectivity index (χ4v) is 6.71. The minimum Gasteiger partial charge on any atom is -0.395 e. The minimum absolute atomic E-state index is 0.0934. The third-order valence-electron chi connectivity index (χ3n) is 8.14. The molecular formula is C30H35N5O2S. The van der Waals surface area contributed by atoms with Crippen LogP contribution in [0.5, 0.6) is 0 Å². The number of nitrogens with zero attached hydrogens (tertiary/aromatic N) is 5. The summed E-state index contributed by atoms with van der Waals surface area (Å²) in [6.45, 7) is 10.7. The van der Waals surface area contributed by atoms with Crippen molar-refractivity contribution in [3.05, 3.63) is 75.2 Å². The average Bonchev–Trinajstić information content (AvgIpc) is 3.49. The van der Waals surface area contributed by atoms with E-state index in [1.807, 2.05) is 12.4 Å². The lowest BCUT2D eigenvalue weighted by molar-refractivity contribution is 0.105. The molecule has 8 heteroatoms. The maximum Gasteiger partial charge on any atom is 0.195 e. The highest BCUT2D eigenvalue weighted by Gasteiger charge is 2.34. The lowest BCUT2D eigenvalue weighted by Gasteiger charge is -2.36. The van der Waals surface area contributed by atoms with Crippen molar-refractivity contribution < 1.29 is 9.90 Å². The van der Waals surface area contributed by atoms with Gasteiger partial charge in [0.1, 0.15) is 0 Å². The SMILES string of the molecule is Cc1ncsc1C1=C(c2ccc(N3CCN(C)CC3)cc2)C(=O)c2cc(N3CCN(CCO)CC3)ccc21. The number of benzene rings is 2. The number of Topliss-reactive ketones (excluding diaryl/α,β-unsaturated/α-hetero) is 1. The van der Waals surface area contributed by atoms with E-state index in [9.17, 15) is 9.90 Å². The second kappa shape index (κ2) is 10.6. The first-order valence-corrected chi connectivity index (χ1v) is 14.4. The van der Waals surface area contributed by atoms with Gasteiger partial charge >= 0.3 is 0 Å². The number of β-amino-alcohol motifs (C(OH)–C–C–N with tert-alkyl or cyclic N) is 1. The largest absolute Gasteiger partial charge is 0.395 e. The molecule has 0 radical (unpaired) electrons. The van der Waals surface area contributed by atoms with Crippen molar-refractivity contribution in [1.82, 2.24) is 14.8 Å².